The van der Waals surface area contributed by atoms with E-state index < -0.39 is 23.1 Å². The van der Waals surface area contributed by atoms with Crippen LogP contribution in [0.25, 0.3) is 11.1 Å². The Morgan fingerprint density at radius 2 is 2.21 bits per heavy atom. The molecular weight excluding hydrogens is 193 g/mol. The highest BCUT2D eigenvalue weighted by Gasteiger charge is 2.13. The van der Waals surface area contributed by atoms with Crippen LogP contribution in [-0.2, 0) is 0 Å². The number of hydrogen-bond acceptors (Lipinski definition) is 3. The van der Waals surface area contributed by atoms with Crippen LogP contribution in [0.3, 0.4) is 0 Å². The van der Waals surface area contributed by atoms with E-state index in [0.717, 1.165) is 12.1 Å². The van der Waals surface area contributed by atoms with E-state index in [1.54, 1.807) is 0 Å². The number of benzene rings is 1. The van der Waals surface area contributed by atoms with E-state index in [1.807, 2.05) is 0 Å². The Bertz CT molecular complexity index is 568. The fourth-order valence-electron chi connectivity index (χ4n) is 1.14. The Labute approximate surface area is 75.8 Å². The smallest absolute Gasteiger partial charge is 0.417 e. The summed E-state index contributed by atoms with van der Waals surface area (Å²) in [6.45, 7) is 0. The first kappa shape index (κ1) is 8.49. The summed E-state index contributed by atoms with van der Waals surface area (Å²) in [6.07, 6.45) is 0. The molecule has 0 amide bonds. The second kappa shape index (κ2) is 2.69. The molecule has 2 rings (SSSR count). The number of carboxylic acids is 1. The molecule has 6 heteroatoms. The second-order valence-corrected chi connectivity index (χ2v) is 2.65. The largest absolute Gasteiger partial charge is 0.478 e. The number of halogens is 1. The van der Waals surface area contributed by atoms with Crippen LogP contribution in [0.5, 0.6) is 0 Å². The lowest BCUT2D eigenvalue weighted by molar-refractivity contribution is 0.0692. The van der Waals surface area contributed by atoms with E-state index in [-0.39, 0.29) is 11.1 Å². The van der Waals surface area contributed by atoms with E-state index in [0.29, 0.717) is 0 Å². The molecule has 1 heterocycles. The third kappa shape index (κ3) is 1.17. The van der Waals surface area contributed by atoms with Crippen molar-refractivity contribution in [2.75, 3.05) is 0 Å². The van der Waals surface area contributed by atoms with Crippen molar-refractivity contribution < 1.29 is 18.7 Å². The van der Waals surface area contributed by atoms with Crippen LogP contribution in [0, 0.1) is 5.82 Å². The predicted molar refractivity (Wildman–Crippen MR) is 43.8 cm³/mol. The first-order valence-electron chi connectivity index (χ1n) is 3.63. The van der Waals surface area contributed by atoms with E-state index in [2.05, 4.69) is 9.40 Å². The minimum atomic E-state index is -1.40. The van der Waals surface area contributed by atoms with Gasteiger partial charge in [0, 0.05) is 6.07 Å². The normalized spacial score (nSPS) is 10.6. The average molecular weight is 197 g/mol. The summed E-state index contributed by atoms with van der Waals surface area (Å²) in [5.41, 5.74) is -0.346. The maximum atomic E-state index is 13.0. The van der Waals surface area contributed by atoms with Gasteiger partial charge in [-0.2, -0.15) is 0 Å². The molecule has 2 N–H and O–H groups in total. The fraction of sp³-hybridized carbons (Fsp3) is 0. The average Bonchev–Trinajstić information content (AvgIpc) is 2.42. The van der Waals surface area contributed by atoms with Gasteiger partial charge >= 0.3 is 11.7 Å². The van der Waals surface area contributed by atoms with Crippen LogP contribution in [-0.4, -0.2) is 16.1 Å². The van der Waals surface area contributed by atoms with Crippen molar-refractivity contribution in [1.29, 1.82) is 0 Å². The Morgan fingerprint density at radius 1 is 1.50 bits per heavy atom. The Morgan fingerprint density at radius 3 is 2.86 bits per heavy atom. The van der Waals surface area contributed by atoms with Crippen LogP contribution in [0.1, 0.15) is 10.4 Å². The number of oxazole rings is 1. The quantitative estimate of drug-likeness (QED) is 0.713. The van der Waals surface area contributed by atoms with Crippen LogP contribution in [0.15, 0.2) is 21.3 Å². The summed E-state index contributed by atoms with van der Waals surface area (Å²) in [5.74, 6) is -3.08. The summed E-state index contributed by atoms with van der Waals surface area (Å²) in [7, 11) is 0. The fourth-order valence-corrected chi connectivity index (χ4v) is 1.14. The molecule has 1 aromatic carbocycles. The SMILES string of the molecule is O=C(O)c1cc2[nH]c(=O)oc2cc1F. The lowest BCUT2D eigenvalue weighted by Crippen LogP contribution is -2.00. The van der Waals surface area contributed by atoms with Gasteiger partial charge < -0.3 is 9.52 Å². The number of hydrogen-bond donors (Lipinski definition) is 2. The third-order valence-corrected chi connectivity index (χ3v) is 1.74. The number of aromatic nitrogens is 1. The van der Waals surface area contributed by atoms with Crippen molar-refractivity contribution in [2.45, 2.75) is 0 Å². The molecular formula is C8H4FNO4. The molecule has 0 aliphatic rings. The van der Waals surface area contributed by atoms with Gasteiger partial charge in [0.1, 0.15) is 5.82 Å². The van der Waals surface area contributed by atoms with Gasteiger partial charge in [0.05, 0.1) is 11.1 Å². The lowest BCUT2D eigenvalue weighted by Gasteiger charge is -1.95. The number of aromatic amines is 1. The highest BCUT2D eigenvalue weighted by Crippen LogP contribution is 2.16. The highest BCUT2D eigenvalue weighted by molar-refractivity contribution is 5.92. The van der Waals surface area contributed by atoms with Crippen LogP contribution in [0.4, 0.5) is 4.39 Å². The van der Waals surface area contributed by atoms with Crippen molar-refractivity contribution in [2.24, 2.45) is 0 Å². The van der Waals surface area contributed by atoms with Crippen LogP contribution in [0.2, 0.25) is 0 Å². The summed E-state index contributed by atoms with van der Waals surface area (Å²) >= 11 is 0. The number of aromatic carboxylic acids is 1. The van der Waals surface area contributed by atoms with Crippen molar-refractivity contribution in [3.05, 3.63) is 34.1 Å². The molecule has 14 heavy (non-hydrogen) atoms. The molecule has 0 saturated carbocycles. The van der Waals surface area contributed by atoms with Crippen molar-refractivity contribution >= 4 is 17.1 Å². The molecule has 2 aromatic rings. The van der Waals surface area contributed by atoms with E-state index in [9.17, 15) is 14.0 Å². The molecule has 0 aliphatic carbocycles. The van der Waals surface area contributed by atoms with Gasteiger partial charge in [-0.1, -0.05) is 0 Å². The van der Waals surface area contributed by atoms with Crippen LogP contribution >= 0.6 is 0 Å². The Balaban J connectivity index is 2.82. The van der Waals surface area contributed by atoms with E-state index in [1.165, 1.54) is 0 Å². The molecule has 0 radical (unpaired) electrons. The molecule has 0 unspecified atom stereocenters. The minimum Gasteiger partial charge on any atom is -0.478 e. The van der Waals surface area contributed by atoms with Crippen LogP contribution < -0.4 is 5.76 Å². The molecule has 0 fully saturated rings. The number of nitrogens with one attached hydrogen (secondary N) is 1. The summed E-state index contributed by atoms with van der Waals surface area (Å²) in [4.78, 5) is 23.4. The maximum absolute atomic E-state index is 13.0. The molecule has 0 saturated heterocycles. The topological polar surface area (TPSA) is 83.3 Å². The number of carbonyl (C=O) groups is 1. The highest BCUT2D eigenvalue weighted by atomic mass is 19.1. The molecule has 0 spiro atoms. The number of carboxylic acid groups (broad SMARTS) is 1. The van der Waals surface area contributed by atoms with E-state index in [4.69, 9.17) is 5.11 Å². The van der Waals surface area contributed by atoms with Gasteiger partial charge in [0.25, 0.3) is 0 Å². The van der Waals surface area contributed by atoms with Gasteiger partial charge in [-0.15, -0.1) is 0 Å². The predicted octanol–water partition coefficient (Wildman–Crippen LogP) is 0.958. The summed E-state index contributed by atoms with van der Waals surface area (Å²) in [5, 5.41) is 8.57. The second-order valence-electron chi connectivity index (χ2n) is 2.65. The maximum Gasteiger partial charge on any atom is 0.417 e. The lowest BCUT2D eigenvalue weighted by atomic mass is 10.2. The summed E-state index contributed by atoms with van der Waals surface area (Å²) < 4.78 is 17.6. The van der Waals surface area contributed by atoms with Gasteiger partial charge in [-0.05, 0) is 6.07 Å². The monoisotopic (exact) mass is 197 g/mol. The molecule has 5 nitrogen and oxygen atoms in total. The van der Waals surface area contributed by atoms with Crippen molar-refractivity contribution in [3.8, 4) is 0 Å². The number of rotatable bonds is 1. The molecule has 0 bridgehead atoms. The zero-order valence-corrected chi connectivity index (χ0v) is 6.70. The van der Waals surface area contributed by atoms with Gasteiger partial charge in [0.15, 0.2) is 5.58 Å². The van der Waals surface area contributed by atoms with Gasteiger partial charge in [-0.25, -0.2) is 14.0 Å². The molecule has 0 aliphatic heterocycles. The molecule has 72 valence electrons. The van der Waals surface area contributed by atoms with Gasteiger partial charge in [-0.3, -0.25) is 4.98 Å². The first-order chi connectivity index (χ1) is 6.58. The zero-order valence-electron chi connectivity index (χ0n) is 6.70. The minimum absolute atomic E-state index is 0.00231. The third-order valence-electron chi connectivity index (χ3n) is 1.74. The zero-order chi connectivity index (χ0) is 10.3. The Kier molecular flexibility index (Phi) is 1.63. The van der Waals surface area contributed by atoms with Crippen molar-refractivity contribution in [1.82, 2.24) is 4.98 Å². The van der Waals surface area contributed by atoms with Crippen molar-refractivity contribution in [3.63, 3.8) is 0 Å². The number of fused-ring (bicyclic) bond motifs is 1. The molecule has 0 atom stereocenters. The molecule has 1 aromatic heterocycles. The number of H-pyrrole nitrogens is 1. The first-order valence-corrected chi connectivity index (χ1v) is 3.63. The van der Waals surface area contributed by atoms with Gasteiger partial charge in [0.2, 0.25) is 0 Å². The summed E-state index contributed by atoms with van der Waals surface area (Å²) in [6, 6.07) is 1.87. The Hall–Kier alpha value is -2.11. The standard InChI is InChI=1S/C8H4FNO4/c9-4-2-6-5(10-8(13)14-6)1-3(4)7(11)12/h1-2H,(H,10,13)(H,11,12). The van der Waals surface area contributed by atoms with E-state index >= 15 is 0 Å².